The van der Waals surface area contributed by atoms with E-state index in [0.29, 0.717) is 16.2 Å². The van der Waals surface area contributed by atoms with Gasteiger partial charge in [0.15, 0.2) is 0 Å². The highest BCUT2D eigenvalue weighted by Gasteiger charge is 2.12. The second kappa shape index (κ2) is 5.33. The van der Waals surface area contributed by atoms with E-state index in [4.69, 9.17) is 9.84 Å². The SMILES string of the molecule is O=C(O)c1sccc1COc1ccccc1Br. The Morgan fingerprint density at radius 1 is 1.35 bits per heavy atom. The minimum Gasteiger partial charge on any atom is -0.488 e. The van der Waals surface area contributed by atoms with Gasteiger partial charge in [0.2, 0.25) is 0 Å². The molecule has 0 atom stereocenters. The molecule has 0 aliphatic heterocycles. The molecule has 5 heteroatoms. The van der Waals surface area contributed by atoms with Gasteiger partial charge in [0.25, 0.3) is 0 Å². The van der Waals surface area contributed by atoms with Crippen molar-refractivity contribution in [2.45, 2.75) is 6.61 Å². The number of carbonyl (C=O) groups is 1. The smallest absolute Gasteiger partial charge is 0.346 e. The van der Waals surface area contributed by atoms with E-state index in [1.807, 2.05) is 24.3 Å². The average Bonchev–Trinajstić information content (AvgIpc) is 2.76. The third kappa shape index (κ3) is 2.87. The van der Waals surface area contributed by atoms with Crippen LogP contribution in [0.3, 0.4) is 0 Å². The number of ether oxygens (including phenoxy) is 1. The van der Waals surface area contributed by atoms with E-state index in [1.165, 1.54) is 11.3 Å². The van der Waals surface area contributed by atoms with Crippen molar-refractivity contribution in [1.29, 1.82) is 0 Å². The predicted octanol–water partition coefficient (Wildman–Crippen LogP) is 3.79. The molecule has 0 saturated carbocycles. The summed E-state index contributed by atoms with van der Waals surface area (Å²) in [5.74, 6) is -0.208. The van der Waals surface area contributed by atoms with Crippen molar-refractivity contribution >= 4 is 33.2 Å². The van der Waals surface area contributed by atoms with E-state index >= 15 is 0 Å². The molecule has 0 spiro atoms. The second-order valence-electron chi connectivity index (χ2n) is 3.30. The number of carboxylic acid groups (broad SMARTS) is 1. The van der Waals surface area contributed by atoms with Crippen molar-refractivity contribution in [2.75, 3.05) is 0 Å². The lowest BCUT2D eigenvalue weighted by Gasteiger charge is -2.07. The molecule has 0 fully saturated rings. The van der Waals surface area contributed by atoms with Crippen molar-refractivity contribution < 1.29 is 14.6 Å². The van der Waals surface area contributed by atoms with Gasteiger partial charge in [-0.2, -0.15) is 0 Å². The van der Waals surface area contributed by atoms with E-state index < -0.39 is 5.97 Å². The van der Waals surface area contributed by atoms with Crippen LogP contribution in [0.15, 0.2) is 40.2 Å². The van der Waals surface area contributed by atoms with Crippen LogP contribution in [0.4, 0.5) is 0 Å². The van der Waals surface area contributed by atoms with E-state index in [1.54, 1.807) is 11.4 Å². The maximum Gasteiger partial charge on any atom is 0.346 e. The van der Waals surface area contributed by atoms with E-state index in [9.17, 15) is 4.79 Å². The van der Waals surface area contributed by atoms with Crippen LogP contribution < -0.4 is 4.74 Å². The van der Waals surface area contributed by atoms with Crippen LogP contribution in [0.5, 0.6) is 5.75 Å². The molecule has 0 aliphatic carbocycles. The standard InChI is InChI=1S/C12H9BrO3S/c13-9-3-1-2-4-10(9)16-7-8-5-6-17-11(8)12(14)15/h1-6H,7H2,(H,14,15). The first kappa shape index (κ1) is 12.1. The van der Waals surface area contributed by atoms with Gasteiger partial charge in [-0.15, -0.1) is 11.3 Å². The number of hydrogen-bond donors (Lipinski definition) is 1. The van der Waals surface area contributed by atoms with E-state index in [-0.39, 0.29) is 6.61 Å². The summed E-state index contributed by atoms with van der Waals surface area (Å²) >= 11 is 4.58. The zero-order valence-electron chi connectivity index (χ0n) is 8.72. The van der Waals surface area contributed by atoms with Crippen molar-refractivity contribution in [3.63, 3.8) is 0 Å². The minimum atomic E-state index is -0.911. The summed E-state index contributed by atoms with van der Waals surface area (Å²) in [4.78, 5) is 11.2. The molecule has 0 unspecified atom stereocenters. The van der Waals surface area contributed by atoms with Crippen molar-refractivity contribution in [3.8, 4) is 5.75 Å². The molecule has 1 aromatic carbocycles. The Kier molecular flexibility index (Phi) is 3.81. The van der Waals surface area contributed by atoms with Crippen LogP contribution in [-0.2, 0) is 6.61 Å². The maximum absolute atomic E-state index is 10.9. The fourth-order valence-electron chi connectivity index (χ4n) is 1.35. The zero-order valence-corrected chi connectivity index (χ0v) is 11.1. The van der Waals surface area contributed by atoms with Gasteiger partial charge < -0.3 is 9.84 Å². The Morgan fingerprint density at radius 2 is 2.12 bits per heavy atom. The van der Waals surface area contributed by atoms with Gasteiger partial charge in [0.05, 0.1) is 4.47 Å². The lowest BCUT2D eigenvalue weighted by Crippen LogP contribution is -2.01. The Labute approximate surface area is 111 Å². The Bertz CT molecular complexity index is 536. The van der Waals surface area contributed by atoms with E-state index in [0.717, 1.165) is 4.47 Å². The molecule has 0 bridgehead atoms. The second-order valence-corrected chi connectivity index (χ2v) is 5.07. The van der Waals surface area contributed by atoms with Crippen LogP contribution in [0.2, 0.25) is 0 Å². The maximum atomic E-state index is 10.9. The van der Waals surface area contributed by atoms with Gasteiger partial charge in [0, 0.05) is 5.56 Å². The highest BCUT2D eigenvalue weighted by atomic mass is 79.9. The molecular weight excluding hydrogens is 304 g/mol. The van der Waals surface area contributed by atoms with Gasteiger partial charge in [0.1, 0.15) is 17.2 Å². The third-order valence-corrected chi connectivity index (χ3v) is 3.76. The largest absolute Gasteiger partial charge is 0.488 e. The quantitative estimate of drug-likeness (QED) is 0.934. The molecule has 1 N–H and O–H groups in total. The summed E-state index contributed by atoms with van der Waals surface area (Å²) in [6.07, 6.45) is 0. The topological polar surface area (TPSA) is 46.5 Å². The monoisotopic (exact) mass is 312 g/mol. The molecule has 17 heavy (non-hydrogen) atoms. The molecule has 0 radical (unpaired) electrons. The van der Waals surface area contributed by atoms with Gasteiger partial charge in [-0.25, -0.2) is 4.79 Å². The van der Waals surface area contributed by atoms with Gasteiger partial charge >= 0.3 is 5.97 Å². The molecule has 1 heterocycles. The summed E-state index contributed by atoms with van der Waals surface area (Å²) in [6.45, 7) is 0.258. The molecule has 0 amide bonds. The number of benzene rings is 1. The lowest BCUT2D eigenvalue weighted by atomic mass is 10.3. The Hall–Kier alpha value is -1.33. The molecule has 0 aliphatic rings. The van der Waals surface area contributed by atoms with Gasteiger partial charge in [-0.05, 0) is 39.5 Å². The third-order valence-electron chi connectivity index (χ3n) is 2.16. The Morgan fingerprint density at radius 3 is 2.82 bits per heavy atom. The Balaban J connectivity index is 2.10. The normalized spacial score (nSPS) is 10.2. The van der Waals surface area contributed by atoms with Crippen LogP contribution in [0, 0.1) is 0 Å². The molecule has 0 saturated heterocycles. The fraction of sp³-hybridized carbons (Fsp3) is 0.0833. The molecule has 2 aromatic rings. The molecule has 1 aromatic heterocycles. The number of hydrogen-bond acceptors (Lipinski definition) is 3. The lowest BCUT2D eigenvalue weighted by molar-refractivity contribution is 0.0699. The van der Waals surface area contributed by atoms with Crippen molar-refractivity contribution in [2.24, 2.45) is 0 Å². The minimum absolute atomic E-state index is 0.258. The fourth-order valence-corrected chi connectivity index (χ4v) is 2.50. The first-order chi connectivity index (χ1) is 8.18. The predicted molar refractivity (Wildman–Crippen MR) is 69.8 cm³/mol. The number of halogens is 1. The average molecular weight is 313 g/mol. The first-order valence-electron chi connectivity index (χ1n) is 4.85. The van der Waals surface area contributed by atoms with Crippen molar-refractivity contribution in [1.82, 2.24) is 0 Å². The number of carboxylic acids is 1. The first-order valence-corrected chi connectivity index (χ1v) is 6.52. The zero-order chi connectivity index (χ0) is 12.3. The molecular formula is C12H9BrO3S. The summed E-state index contributed by atoms with van der Waals surface area (Å²) in [7, 11) is 0. The van der Waals surface area contributed by atoms with E-state index in [2.05, 4.69) is 15.9 Å². The van der Waals surface area contributed by atoms with Crippen LogP contribution in [0.1, 0.15) is 15.2 Å². The summed E-state index contributed by atoms with van der Waals surface area (Å²) in [6, 6.07) is 9.24. The van der Waals surface area contributed by atoms with Crippen LogP contribution in [-0.4, -0.2) is 11.1 Å². The van der Waals surface area contributed by atoms with Crippen LogP contribution in [0.25, 0.3) is 0 Å². The van der Waals surface area contributed by atoms with Gasteiger partial charge in [-0.1, -0.05) is 12.1 Å². The molecule has 3 nitrogen and oxygen atoms in total. The number of para-hydroxylation sites is 1. The number of thiophene rings is 1. The number of aromatic carboxylic acids is 1. The summed E-state index contributed by atoms with van der Waals surface area (Å²) in [5, 5.41) is 10.7. The summed E-state index contributed by atoms with van der Waals surface area (Å²) < 4.78 is 6.42. The number of rotatable bonds is 4. The highest BCUT2D eigenvalue weighted by Crippen LogP contribution is 2.26. The highest BCUT2D eigenvalue weighted by molar-refractivity contribution is 9.10. The van der Waals surface area contributed by atoms with Gasteiger partial charge in [-0.3, -0.25) is 0 Å². The molecule has 88 valence electrons. The summed E-state index contributed by atoms with van der Waals surface area (Å²) in [5.41, 5.74) is 0.693. The molecule has 2 rings (SSSR count). The van der Waals surface area contributed by atoms with Crippen molar-refractivity contribution in [3.05, 3.63) is 50.6 Å². The van der Waals surface area contributed by atoms with Crippen LogP contribution >= 0.6 is 27.3 Å².